The predicted octanol–water partition coefficient (Wildman–Crippen LogP) is 3.54. The van der Waals surface area contributed by atoms with Crippen LogP contribution in [-0.4, -0.2) is 34.0 Å². The molecule has 0 spiro atoms. The maximum atomic E-state index is 12.8. The fourth-order valence-corrected chi connectivity index (χ4v) is 5.18. The molecule has 0 heterocycles. The summed E-state index contributed by atoms with van der Waals surface area (Å²) in [6.07, 6.45) is 4.30. The van der Waals surface area contributed by atoms with Gasteiger partial charge in [-0.25, -0.2) is 13.1 Å². The first kappa shape index (κ1) is 21.6. The summed E-state index contributed by atoms with van der Waals surface area (Å²) in [6.45, 7) is 0.410. The Balaban J connectivity index is 1.70. The van der Waals surface area contributed by atoms with E-state index in [-0.39, 0.29) is 28.2 Å². The molecule has 0 radical (unpaired) electrons. The van der Waals surface area contributed by atoms with Crippen molar-refractivity contribution in [2.45, 2.75) is 43.0 Å². The summed E-state index contributed by atoms with van der Waals surface area (Å²) in [4.78, 5) is 12.5. The monoisotopic (exact) mass is 436 g/mol. The molecule has 1 amide bonds. The maximum absolute atomic E-state index is 12.8. The zero-order valence-corrected chi connectivity index (χ0v) is 17.9. The molecule has 1 aliphatic carbocycles. The van der Waals surface area contributed by atoms with Crippen LogP contribution in [0.25, 0.3) is 0 Å². The summed E-state index contributed by atoms with van der Waals surface area (Å²) in [5, 5.41) is 3.46. The normalized spacial score (nSPS) is 14.7. The molecule has 3 rings (SSSR count). The number of halogens is 1. The zero-order chi connectivity index (χ0) is 20.9. The van der Waals surface area contributed by atoms with E-state index >= 15 is 0 Å². The highest BCUT2D eigenvalue weighted by molar-refractivity contribution is 7.89. The summed E-state index contributed by atoms with van der Waals surface area (Å²) in [7, 11) is -2.37. The lowest BCUT2D eigenvalue weighted by Gasteiger charge is -2.16. The Bertz CT molecular complexity index is 972. The van der Waals surface area contributed by atoms with Crippen LogP contribution < -0.4 is 14.8 Å². The van der Waals surface area contributed by atoms with E-state index < -0.39 is 10.0 Å². The summed E-state index contributed by atoms with van der Waals surface area (Å²) in [5.74, 6) is -0.127. The first-order chi connectivity index (χ1) is 13.9. The van der Waals surface area contributed by atoms with Gasteiger partial charge in [0.05, 0.1) is 7.11 Å². The number of nitrogens with one attached hydrogen (secondary N) is 2. The van der Waals surface area contributed by atoms with E-state index in [2.05, 4.69) is 10.0 Å². The number of benzene rings is 2. The van der Waals surface area contributed by atoms with Gasteiger partial charge < -0.3 is 10.1 Å². The van der Waals surface area contributed by atoms with Gasteiger partial charge in [0, 0.05) is 23.2 Å². The third-order valence-electron chi connectivity index (χ3n) is 4.98. The number of methoxy groups -OCH3 is 1. The highest BCUT2D eigenvalue weighted by atomic mass is 35.5. The van der Waals surface area contributed by atoms with E-state index in [0.29, 0.717) is 18.0 Å². The fourth-order valence-electron chi connectivity index (χ4n) is 3.47. The molecule has 0 atom stereocenters. The van der Waals surface area contributed by atoms with Gasteiger partial charge in [-0.05, 0) is 55.2 Å². The second-order valence-electron chi connectivity index (χ2n) is 7.10. The summed E-state index contributed by atoms with van der Waals surface area (Å²) in [6, 6.07) is 11.8. The molecule has 156 valence electrons. The van der Waals surface area contributed by atoms with Crippen LogP contribution >= 0.6 is 11.6 Å². The first-order valence-corrected chi connectivity index (χ1v) is 11.5. The molecule has 1 fully saturated rings. The van der Waals surface area contributed by atoms with Crippen molar-refractivity contribution in [2.24, 2.45) is 0 Å². The van der Waals surface area contributed by atoms with Crippen molar-refractivity contribution in [3.8, 4) is 5.75 Å². The van der Waals surface area contributed by atoms with E-state index in [4.69, 9.17) is 16.3 Å². The molecule has 6 nitrogen and oxygen atoms in total. The maximum Gasteiger partial charge on any atom is 0.251 e. The molecule has 0 bridgehead atoms. The third-order valence-corrected chi connectivity index (χ3v) is 6.76. The smallest absolute Gasteiger partial charge is 0.251 e. The number of sulfonamides is 1. The summed E-state index contributed by atoms with van der Waals surface area (Å²) in [5.41, 5.74) is 1.28. The van der Waals surface area contributed by atoms with Crippen molar-refractivity contribution in [2.75, 3.05) is 13.7 Å². The van der Waals surface area contributed by atoms with Gasteiger partial charge in [-0.1, -0.05) is 36.6 Å². The van der Waals surface area contributed by atoms with Crippen LogP contribution in [0.15, 0.2) is 47.4 Å². The Morgan fingerprint density at radius 3 is 2.62 bits per heavy atom. The van der Waals surface area contributed by atoms with Crippen molar-refractivity contribution < 1.29 is 17.9 Å². The number of amides is 1. The van der Waals surface area contributed by atoms with Gasteiger partial charge in [-0.2, -0.15) is 0 Å². The topological polar surface area (TPSA) is 84.5 Å². The number of hydrogen-bond donors (Lipinski definition) is 2. The SMILES string of the molecule is COc1ccc(C(=O)NCCc2cccc(Cl)c2)cc1S(=O)(=O)NC1CCCC1. The molecule has 29 heavy (non-hydrogen) atoms. The standard InChI is InChI=1S/C21H25ClN2O4S/c1-28-19-10-9-16(14-20(19)29(26,27)24-18-7-2-3-8-18)21(25)23-12-11-15-5-4-6-17(22)13-15/h4-6,9-10,13-14,18,24H,2-3,7-8,11-12H2,1H3,(H,23,25). The highest BCUT2D eigenvalue weighted by Gasteiger charge is 2.26. The predicted molar refractivity (Wildman–Crippen MR) is 113 cm³/mol. The lowest BCUT2D eigenvalue weighted by Crippen LogP contribution is -2.33. The lowest BCUT2D eigenvalue weighted by molar-refractivity contribution is 0.0954. The van der Waals surface area contributed by atoms with Gasteiger partial charge in [0.2, 0.25) is 10.0 Å². The molecule has 1 saturated carbocycles. The van der Waals surface area contributed by atoms with Crippen molar-refractivity contribution in [3.05, 3.63) is 58.6 Å². The molecule has 0 saturated heterocycles. The van der Waals surface area contributed by atoms with E-state index in [0.717, 1.165) is 31.2 Å². The van der Waals surface area contributed by atoms with Crippen molar-refractivity contribution in [1.29, 1.82) is 0 Å². The van der Waals surface area contributed by atoms with E-state index in [9.17, 15) is 13.2 Å². The molecule has 1 aliphatic rings. The first-order valence-electron chi connectivity index (χ1n) is 9.62. The number of hydrogen-bond acceptors (Lipinski definition) is 4. The van der Waals surface area contributed by atoms with Crippen LogP contribution in [0.4, 0.5) is 0 Å². The summed E-state index contributed by atoms with van der Waals surface area (Å²) >= 11 is 5.97. The van der Waals surface area contributed by atoms with Crippen molar-refractivity contribution in [3.63, 3.8) is 0 Å². The Morgan fingerprint density at radius 1 is 1.17 bits per heavy atom. The molecule has 8 heteroatoms. The van der Waals surface area contributed by atoms with Gasteiger partial charge in [-0.3, -0.25) is 4.79 Å². The number of carbonyl (C=O) groups is 1. The molecule has 0 aliphatic heterocycles. The quantitative estimate of drug-likeness (QED) is 0.662. The Morgan fingerprint density at radius 2 is 1.93 bits per heavy atom. The van der Waals surface area contributed by atoms with Crippen LogP contribution in [0.2, 0.25) is 5.02 Å². The van der Waals surface area contributed by atoms with Gasteiger partial charge in [-0.15, -0.1) is 0 Å². The van der Waals surface area contributed by atoms with E-state index in [1.807, 2.05) is 18.2 Å². The number of ether oxygens (including phenoxy) is 1. The second kappa shape index (κ2) is 9.61. The fraction of sp³-hybridized carbons (Fsp3) is 0.381. The Hall–Kier alpha value is -2.09. The Kier molecular flexibility index (Phi) is 7.16. The van der Waals surface area contributed by atoms with Crippen LogP contribution in [-0.2, 0) is 16.4 Å². The van der Waals surface area contributed by atoms with Gasteiger partial charge in [0.25, 0.3) is 5.91 Å². The zero-order valence-electron chi connectivity index (χ0n) is 16.3. The molecule has 2 aromatic carbocycles. The van der Waals surface area contributed by atoms with Gasteiger partial charge in [0.1, 0.15) is 10.6 Å². The van der Waals surface area contributed by atoms with Gasteiger partial charge in [0.15, 0.2) is 0 Å². The van der Waals surface area contributed by atoms with Crippen LogP contribution in [0.5, 0.6) is 5.75 Å². The molecule has 0 unspecified atom stereocenters. The average Bonchev–Trinajstić information content (AvgIpc) is 3.19. The summed E-state index contributed by atoms with van der Waals surface area (Å²) < 4.78 is 33.6. The van der Waals surface area contributed by atoms with Crippen LogP contribution in [0.1, 0.15) is 41.6 Å². The van der Waals surface area contributed by atoms with Crippen LogP contribution in [0.3, 0.4) is 0 Å². The second-order valence-corrected chi connectivity index (χ2v) is 9.22. The van der Waals surface area contributed by atoms with Crippen molar-refractivity contribution >= 4 is 27.5 Å². The minimum Gasteiger partial charge on any atom is -0.495 e. The molecule has 2 aromatic rings. The largest absolute Gasteiger partial charge is 0.495 e. The third kappa shape index (κ3) is 5.72. The molecule has 0 aromatic heterocycles. The highest BCUT2D eigenvalue weighted by Crippen LogP contribution is 2.27. The number of carbonyl (C=O) groups excluding carboxylic acids is 1. The lowest BCUT2D eigenvalue weighted by atomic mass is 10.1. The Labute approximate surface area is 176 Å². The average molecular weight is 437 g/mol. The van der Waals surface area contributed by atoms with Gasteiger partial charge >= 0.3 is 0 Å². The van der Waals surface area contributed by atoms with E-state index in [1.54, 1.807) is 12.1 Å². The minimum atomic E-state index is -3.78. The number of rotatable bonds is 8. The molecular formula is C21H25ClN2O4S. The van der Waals surface area contributed by atoms with Crippen molar-refractivity contribution in [1.82, 2.24) is 10.0 Å². The molecule has 2 N–H and O–H groups in total. The molecular weight excluding hydrogens is 412 g/mol. The van der Waals surface area contributed by atoms with E-state index in [1.165, 1.54) is 19.2 Å². The van der Waals surface area contributed by atoms with Crippen LogP contribution in [0, 0.1) is 0 Å². The minimum absolute atomic E-state index is 0.0191.